The highest BCUT2D eigenvalue weighted by atomic mass is 16.6. The molecule has 0 saturated heterocycles. The molecule has 2 aromatic rings. The molecule has 20 heavy (non-hydrogen) atoms. The maximum absolute atomic E-state index is 10.5. The maximum atomic E-state index is 10.5. The molecule has 1 N–H and O–H groups in total. The summed E-state index contributed by atoms with van der Waals surface area (Å²) in [7, 11) is 1.64. The SMILES string of the molecule is COCCNCc1cn(Cc2ccc([N+](=O)[O-])o2)nn1. The molecule has 0 atom stereocenters. The molecule has 0 fully saturated rings. The number of nitro groups is 1. The van der Waals surface area contributed by atoms with Gasteiger partial charge in [-0.2, -0.15) is 0 Å². The van der Waals surface area contributed by atoms with Crippen LogP contribution in [-0.4, -0.2) is 40.2 Å². The van der Waals surface area contributed by atoms with E-state index in [2.05, 4.69) is 15.6 Å². The van der Waals surface area contributed by atoms with E-state index in [1.54, 1.807) is 24.1 Å². The second-order valence-electron chi connectivity index (χ2n) is 4.07. The normalized spacial score (nSPS) is 10.8. The number of aromatic nitrogens is 3. The summed E-state index contributed by atoms with van der Waals surface area (Å²) in [5.41, 5.74) is 0.780. The van der Waals surface area contributed by atoms with Gasteiger partial charge in [-0.3, -0.25) is 10.1 Å². The van der Waals surface area contributed by atoms with Crippen molar-refractivity contribution in [2.75, 3.05) is 20.3 Å². The highest BCUT2D eigenvalue weighted by molar-refractivity contribution is 5.17. The summed E-state index contributed by atoms with van der Waals surface area (Å²) in [5.74, 6) is 0.182. The molecule has 9 heteroatoms. The lowest BCUT2D eigenvalue weighted by atomic mass is 10.4. The van der Waals surface area contributed by atoms with Gasteiger partial charge in [0.15, 0.2) is 0 Å². The minimum absolute atomic E-state index is 0.276. The Morgan fingerprint density at radius 1 is 1.55 bits per heavy atom. The molecule has 2 aromatic heterocycles. The van der Waals surface area contributed by atoms with Gasteiger partial charge in [-0.05, 0) is 6.07 Å². The van der Waals surface area contributed by atoms with Crippen molar-refractivity contribution >= 4 is 5.88 Å². The molecule has 0 aliphatic heterocycles. The van der Waals surface area contributed by atoms with Gasteiger partial charge >= 0.3 is 5.88 Å². The van der Waals surface area contributed by atoms with Gasteiger partial charge in [-0.15, -0.1) is 5.10 Å². The van der Waals surface area contributed by atoms with Gasteiger partial charge in [0, 0.05) is 20.2 Å². The number of hydrogen-bond donors (Lipinski definition) is 1. The number of hydrogen-bond acceptors (Lipinski definition) is 7. The smallest absolute Gasteiger partial charge is 0.404 e. The van der Waals surface area contributed by atoms with E-state index in [0.29, 0.717) is 25.5 Å². The standard InChI is InChI=1S/C11H15N5O4/c1-19-5-4-12-6-9-7-15(14-13-9)8-10-2-3-11(20-10)16(17)18/h2-3,7,12H,4-6,8H2,1H3. The van der Waals surface area contributed by atoms with Crippen LogP contribution in [0.2, 0.25) is 0 Å². The molecule has 108 valence electrons. The Hall–Kier alpha value is -2.26. The van der Waals surface area contributed by atoms with Crippen LogP contribution in [-0.2, 0) is 17.8 Å². The number of ether oxygens (including phenoxy) is 1. The van der Waals surface area contributed by atoms with Gasteiger partial charge in [0.05, 0.1) is 24.6 Å². The van der Waals surface area contributed by atoms with Gasteiger partial charge in [0.1, 0.15) is 17.2 Å². The first-order valence-electron chi connectivity index (χ1n) is 6.01. The Bertz CT molecular complexity index is 565. The van der Waals surface area contributed by atoms with Crippen LogP contribution < -0.4 is 5.32 Å². The Morgan fingerprint density at radius 2 is 2.40 bits per heavy atom. The van der Waals surface area contributed by atoms with Gasteiger partial charge in [-0.1, -0.05) is 5.21 Å². The number of nitrogens with one attached hydrogen (secondary N) is 1. The molecular weight excluding hydrogens is 266 g/mol. The Kier molecular flexibility index (Phi) is 4.80. The van der Waals surface area contributed by atoms with Crippen molar-refractivity contribution in [3.05, 3.63) is 39.9 Å². The quantitative estimate of drug-likeness (QED) is 0.428. The molecule has 0 bridgehead atoms. The fourth-order valence-corrected chi connectivity index (χ4v) is 1.60. The topological polar surface area (TPSA) is 108 Å². The highest BCUT2D eigenvalue weighted by Crippen LogP contribution is 2.16. The molecule has 0 unspecified atom stereocenters. The van der Waals surface area contributed by atoms with E-state index in [9.17, 15) is 10.1 Å². The third kappa shape index (κ3) is 3.87. The molecule has 0 saturated carbocycles. The average molecular weight is 281 g/mol. The van der Waals surface area contributed by atoms with Crippen LogP contribution in [0.1, 0.15) is 11.5 Å². The Balaban J connectivity index is 1.86. The maximum Gasteiger partial charge on any atom is 0.433 e. The first-order chi connectivity index (χ1) is 9.69. The highest BCUT2D eigenvalue weighted by Gasteiger charge is 2.12. The molecule has 0 spiro atoms. The monoisotopic (exact) mass is 281 g/mol. The van der Waals surface area contributed by atoms with Crippen LogP contribution in [0.3, 0.4) is 0 Å². The van der Waals surface area contributed by atoms with E-state index in [1.807, 2.05) is 0 Å². The van der Waals surface area contributed by atoms with Crippen LogP contribution in [0.15, 0.2) is 22.7 Å². The van der Waals surface area contributed by atoms with Crippen LogP contribution in [0.25, 0.3) is 0 Å². The van der Waals surface area contributed by atoms with Crippen LogP contribution >= 0.6 is 0 Å². The molecule has 0 aliphatic carbocycles. The minimum atomic E-state index is -0.573. The Labute approximate surface area is 114 Å². The van der Waals surface area contributed by atoms with Gasteiger partial charge in [0.25, 0.3) is 0 Å². The molecular formula is C11H15N5O4. The summed E-state index contributed by atoms with van der Waals surface area (Å²) in [6.45, 7) is 2.25. The lowest BCUT2D eigenvalue weighted by Crippen LogP contribution is -2.18. The van der Waals surface area contributed by atoms with Gasteiger partial charge in [0.2, 0.25) is 0 Å². The molecule has 2 heterocycles. The lowest BCUT2D eigenvalue weighted by Gasteiger charge is -1.99. The largest absolute Gasteiger partial charge is 0.433 e. The van der Waals surface area contributed by atoms with E-state index < -0.39 is 4.92 Å². The summed E-state index contributed by atoms with van der Waals surface area (Å²) in [6, 6.07) is 2.87. The fourth-order valence-electron chi connectivity index (χ4n) is 1.60. The lowest BCUT2D eigenvalue weighted by molar-refractivity contribution is -0.402. The second kappa shape index (κ2) is 6.78. The van der Waals surface area contributed by atoms with Gasteiger partial charge in [-0.25, -0.2) is 4.68 Å². The summed E-state index contributed by atoms with van der Waals surface area (Å²) in [6.07, 6.45) is 1.76. The number of methoxy groups -OCH3 is 1. The molecule has 0 amide bonds. The van der Waals surface area contributed by atoms with Crippen LogP contribution in [0, 0.1) is 10.1 Å². The van der Waals surface area contributed by atoms with E-state index in [4.69, 9.17) is 9.15 Å². The van der Waals surface area contributed by atoms with E-state index in [-0.39, 0.29) is 5.88 Å². The van der Waals surface area contributed by atoms with Crippen LogP contribution in [0.5, 0.6) is 0 Å². The van der Waals surface area contributed by atoms with Gasteiger partial charge < -0.3 is 14.5 Å². The molecule has 0 radical (unpaired) electrons. The fraction of sp³-hybridized carbons (Fsp3) is 0.455. The average Bonchev–Trinajstić information content (AvgIpc) is 3.05. The third-order valence-electron chi connectivity index (χ3n) is 2.52. The van der Waals surface area contributed by atoms with E-state index in [1.165, 1.54) is 6.07 Å². The van der Waals surface area contributed by atoms with Crippen molar-refractivity contribution in [1.82, 2.24) is 20.3 Å². The van der Waals surface area contributed by atoms with E-state index >= 15 is 0 Å². The zero-order chi connectivity index (χ0) is 14.4. The van der Waals surface area contributed by atoms with Crippen molar-refractivity contribution in [1.29, 1.82) is 0 Å². The molecule has 0 aromatic carbocycles. The van der Waals surface area contributed by atoms with E-state index in [0.717, 1.165) is 12.2 Å². The summed E-state index contributed by atoms with van der Waals surface area (Å²) < 4.78 is 11.5. The summed E-state index contributed by atoms with van der Waals surface area (Å²) in [5, 5.41) is 21.6. The molecule has 2 rings (SSSR count). The predicted molar refractivity (Wildman–Crippen MR) is 68.1 cm³/mol. The second-order valence-corrected chi connectivity index (χ2v) is 4.07. The summed E-state index contributed by atoms with van der Waals surface area (Å²) in [4.78, 5) is 9.93. The van der Waals surface area contributed by atoms with Crippen molar-refractivity contribution in [3.8, 4) is 0 Å². The zero-order valence-corrected chi connectivity index (χ0v) is 11.0. The zero-order valence-electron chi connectivity index (χ0n) is 11.0. The number of rotatable bonds is 8. The van der Waals surface area contributed by atoms with Crippen LogP contribution in [0.4, 0.5) is 5.88 Å². The number of furan rings is 1. The Morgan fingerprint density at radius 3 is 3.10 bits per heavy atom. The predicted octanol–water partition coefficient (Wildman–Crippen LogP) is 0.564. The van der Waals surface area contributed by atoms with Crippen molar-refractivity contribution < 1.29 is 14.1 Å². The third-order valence-corrected chi connectivity index (χ3v) is 2.52. The molecule has 0 aliphatic rings. The first kappa shape index (κ1) is 14.2. The van der Waals surface area contributed by atoms with Crippen molar-refractivity contribution in [2.24, 2.45) is 0 Å². The minimum Gasteiger partial charge on any atom is -0.404 e. The summed E-state index contributed by atoms with van der Waals surface area (Å²) >= 11 is 0. The van der Waals surface area contributed by atoms with Crippen molar-refractivity contribution in [2.45, 2.75) is 13.1 Å². The molecule has 9 nitrogen and oxygen atoms in total. The number of nitrogens with zero attached hydrogens (tertiary/aromatic N) is 4. The first-order valence-corrected chi connectivity index (χ1v) is 6.01. The van der Waals surface area contributed by atoms with Crippen molar-refractivity contribution in [3.63, 3.8) is 0 Å².